The Balaban J connectivity index is 1.69. The molecule has 0 saturated heterocycles. The minimum atomic E-state index is 0.820. The molecule has 4 aromatic carbocycles. The third-order valence-corrected chi connectivity index (χ3v) is 6.15. The minimum Gasteiger partial charge on any atom is -0.496 e. The molecule has 2 nitrogen and oxygen atoms in total. The van der Waals surface area contributed by atoms with Gasteiger partial charge in [-0.3, -0.25) is 0 Å². The number of hydrogen-bond acceptors (Lipinski definition) is 2. The maximum atomic E-state index is 5.77. The summed E-state index contributed by atoms with van der Waals surface area (Å²) in [7, 11) is 1.71. The standard InChI is InChI=1S/C28H20BrNO/c1-31-28-17-20(15-16-23(28)21-11-5-7-13-25(21)29)27-18-24(19-9-3-2-4-10-19)22-12-6-8-14-26(22)30-27/h2-18H,1H3. The fraction of sp³-hybridized carbons (Fsp3) is 0.0357. The van der Waals surface area contributed by atoms with Crippen LogP contribution in [0.1, 0.15) is 0 Å². The predicted octanol–water partition coefficient (Wildman–Crippen LogP) is 8.01. The largest absolute Gasteiger partial charge is 0.496 e. The normalized spacial score (nSPS) is 10.9. The van der Waals surface area contributed by atoms with E-state index in [0.29, 0.717) is 0 Å². The van der Waals surface area contributed by atoms with Crippen LogP contribution in [0.15, 0.2) is 108 Å². The van der Waals surface area contributed by atoms with Crippen molar-refractivity contribution in [2.24, 2.45) is 0 Å². The highest BCUT2D eigenvalue weighted by Crippen LogP contribution is 2.38. The average Bonchev–Trinajstić information content (AvgIpc) is 2.84. The van der Waals surface area contributed by atoms with E-state index in [9.17, 15) is 0 Å². The number of hydrogen-bond donors (Lipinski definition) is 0. The Bertz CT molecular complexity index is 1380. The zero-order chi connectivity index (χ0) is 21.2. The molecule has 0 aliphatic carbocycles. The van der Waals surface area contributed by atoms with Crippen LogP contribution in [0.3, 0.4) is 0 Å². The number of methoxy groups -OCH3 is 1. The van der Waals surface area contributed by atoms with Crippen LogP contribution in [0.4, 0.5) is 0 Å². The fourth-order valence-electron chi connectivity index (χ4n) is 3.93. The summed E-state index contributed by atoms with van der Waals surface area (Å²) < 4.78 is 6.81. The number of benzene rings is 4. The Morgan fingerprint density at radius 2 is 1.39 bits per heavy atom. The number of para-hydroxylation sites is 1. The molecular weight excluding hydrogens is 446 g/mol. The Kier molecular flexibility index (Phi) is 5.27. The van der Waals surface area contributed by atoms with E-state index in [1.165, 1.54) is 11.1 Å². The van der Waals surface area contributed by atoms with E-state index in [-0.39, 0.29) is 0 Å². The van der Waals surface area contributed by atoms with Gasteiger partial charge in [-0.25, -0.2) is 4.98 Å². The van der Waals surface area contributed by atoms with Gasteiger partial charge in [-0.05, 0) is 47.0 Å². The highest BCUT2D eigenvalue weighted by Gasteiger charge is 2.13. The second-order valence-corrected chi connectivity index (χ2v) is 8.19. The first-order valence-electron chi connectivity index (χ1n) is 10.1. The van der Waals surface area contributed by atoms with Crippen LogP contribution in [0.2, 0.25) is 0 Å². The van der Waals surface area contributed by atoms with Gasteiger partial charge in [0.15, 0.2) is 0 Å². The molecule has 0 N–H and O–H groups in total. The van der Waals surface area contributed by atoms with Gasteiger partial charge in [-0.1, -0.05) is 88.7 Å². The lowest BCUT2D eigenvalue weighted by Crippen LogP contribution is -1.93. The van der Waals surface area contributed by atoms with E-state index >= 15 is 0 Å². The van der Waals surface area contributed by atoms with Gasteiger partial charge in [-0.15, -0.1) is 0 Å². The molecule has 0 bridgehead atoms. The number of aromatic nitrogens is 1. The van der Waals surface area contributed by atoms with Crippen molar-refractivity contribution in [3.05, 3.63) is 108 Å². The van der Waals surface area contributed by atoms with Crippen molar-refractivity contribution in [1.29, 1.82) is 0 Å². The minimum absolute atomic E-state index is 0.820. The van der Waals surface area contributed by atoms with Crippen molar-refractivity contribution in [1.82, 2.24) is 4.98 Å². The van der Waals surface area contributed by atoms with Crippen LogP contribution in [0.5, 0.6) is 5.75 Å². The lowest BCUT2D eigenvalue weighted by molar-refractivity contribution is 0.416. The van der Waals surface area contributed by atoms with Gasteiger partial charge in [0.1, 0.15) is 5.75 Å². The molecule has 0 atom stereocenters. The van der Waals surface area contributed by atoms with E-state index in [1.54, 1.807) is 7.11 Å². The molecule has 0 radical (unpaired) electrons. The molecule has 0 aliphatic heterocycles. The van der Waals surface area contributed by atoms with Crippen LogP contribution in [0.25, 0.3) is 44.4 Å². The fourth-order valence-corrected chi connectivity index (χ4v) is 4.43. The van der Waals surface area contributed by atoms with Crippen molar-refractivity contribution in [3.8, 4) is 39.3 Å². The van der Waals surface area contributed by atoms with Crippen LogP contribution in [-0.2, 0) is 0 Å². The Hall–Kier alpha value is -3.43. The lowest BCUT2D eigenvalue weighted by atomic mass is 9.97. The Morgan fingerprint density at radius 3 is 2.19 bits per heavy atom. The number of pyridine rings is 1. The Labute approximate surface area is 190 Å². The summed E-state index contributed by atoms with van der Waals surface area (Å²) in [6.45, 7) is 0. The molecule has 0 unspecified atom stereocenters. The van der Waals surface area contributed by atoms with E-state index in [0.717, 1.165) is 43.5 Å². The molecule has 0 saturated carbocycles. The summed E-state index contributed by atoms with van der Waals surface area (Å²) in [6, 6.07) is 35.4. The van der Waals surface area contributed by atoms with E-state index < -0.39 is 0 Å². The highest BCUT2D eigenvalue weighted by molar-refractivity contribution is 9.10. The van der Waals surface area contributed by atoms with E-state index in [2.05, 4.69) is 88.7 Å². The van der Waals surface area contributed by atoms with E-state index in [4.69, 9.17) is 9.72 Å². The zero-order valence-electron chi connectivity index (χ0n) is 17.0. The van der Waals surface area contributed by atoms with Gasteiger partial charge < -0.3 is 4.74 Å². The van der Waals surface area contributed by atoms with Crippen molar-refractivity contribution >= 4 is 26.8 Å². The summed E-state index contributed by atoms with van der Waals surface area (Å²) in [5.41, 5.74) is 7.43. The number of ether oxygens (including phenoxy) is 1. The number of rotatable bonds is 4. The molecule has 1 aromatic heterocycles. The van der Waals surface area contributed by atoms with Crippen molar-refractivity contribution < 1.29 is 4.74 Å². The summed E-state index contributed by atoms with van der Waals surface area (Å²) in [4.78, 5) is 4.96. The van der Waals surface area contributed by atoms with Crippen LogP contribution < -0.4 is 4.74 Å². The van der Waals surface area contributed by atoms with Crippen molar-refractivity contribution in [3.63, 3.8) is 0 Å². The number of nitrogens with zero attached hydrogens (tertiary/aromatic N) is 1. The smallest absolute Gasteiger partial charge is 0.127 e. The van der Waals surface area contributed by atoms with Gasteiger partial charge in [0, 0.05) is 21.0 Å². The summed E-state index contributed by atoms with van der Waals surface area (Å²) in [5, 5.41) is 1.15. The predicted molar refractivity (Wildman–Crippen MR) is 132 cm³/mol. The summed E-state index contributed by atoms with van der Waals surface area (Å²) >= 11 is 3.65. The lowest BCUT2D eigenvalue weighted by Gasteiger charge is -2.14. The van der Waals surface area contributed by atoms with Crippen LogP contribution in [0, 0.1) is 0 Å². The first-order valence-corrected chi connectivity index (χ1v) is 10.9. The first-order chi connectivity index (χ1) is 15.2. The maximum Gasteiger partial charge on any atom is 0.127 e. The summed E-state index contributed by atoms with van der Waals surface area (Å²) in [5.74, 6) is 0.820. The zero-order valence-corrected chi connectivity index (χ0v) is 18.6. The van der Waals surface area contributed by atoms with Crippen molar-refractivity contribution in [2.75, 3.05) is 7.11 Å². The van der Waals surface area contributed by atoms with E-state index in [1.807, 2.05) is 30.3 Å². The number of halogens is 1. The second kappa shape index (κ2) is 8.37. The number of fused-ring (bicyclic) bond motifs is 1. The van der Waals surface area contributed by atoms with Gasteiger partial charge in [0.05, 0.1) is 18.3 Å². The molecule has 5 rings (SSSR count). The molecule has 31 heavy (non-hydrogen) atoms. The molecule has 1 heterocycles. The maximum absolute atomic E-state index is 5.77. The van der Waals surface area contributed by atoms with Crippen LogP contribution in [-0.4, -0.2) is 12.1 Å². The first kappa shape index (κ1) is 19.5. The molecule has 0 amide bonds. The third-order valence-electron chi connectivity index (χ3n) is 5.46. The quantitative estimate of drug-likeness (QED) is 0.268. The molecule has 0 aliphatic rings. The molecular formula is C28H20BrNO. The molecule has 5 aromatic rings. The molecule has 0 fully saturated rings. The van der Waals surface area contributed by atoms with Crippen molar-refractivity contribution in [2.45, 2.75) is 0 Å². The second-order valence-electron chi connectivity index (χ2n) is 7.33. The highest BCUT2D eigenvalue weighted by atomic mass is 79.9. The molecule has 0 spiro atoms. The topological polar surface area (TPSA) is 22.1 Å². The molecule has 150 valence electrons. The average molecular weight is 466 g/mol. The summed E-state index contributed by atoms with van der Waals surface area (Å²) in [6.07, 6.45) is 0. The monoisotopic (exact) mass is 465 g/mol. The Morgan fingerprint density at radius 1 is 0.645 bits per heavy atom. The molecule has 3 heteroatoms. The SMILES string of the molecule is COc1cc(-c2cc(-c3ccccc3)c3ccccc3n2)ccc1-c1ccccc1Br. The van der Waals surface area contributed by atoms with Gasteiger partial charge in [-0.2, -0.15) is 0 Å². The van der Waals surface area contributed by atoms with Gasteiger partial charge in [0.2, 0.25) is 0 Å². The van der Waals surface area contributed by atoms with Crippen LogP contribution >= 0.6 is 15.9 Å². The van der Waals surface area contributed by atoms with Gasteiger partial charge in [0.25, 0.3) is 0 Å². The third kappa shape index (κ3) is 3.73. The van der Waals surface area contributed by atoms with Gasteiger partial charge >= 0.3 is 0 Å².